The van der Waals surface area contributed by atoms with E-state index in [-0.39, 0.29) is 11.9 Å². The van der Waals surface area contributed by atoms with Gasteiger partial charge in [0.2, 0.25) is 5.91 Å². The van der Waals surface area contributed by atoms with Gasteiger partial charge in [-0.05, 0) is 13.5 Å². The number of imidazole rings is 1. The molecule has 5 nitrogen and oxygen atoms in total. The summed E-state index contributed by atoms with van der Waals surface area (Å²) in [6.07, 6.45) is 5.25. The molecule has 1 aliphatic rings. The number of nitrogens with one attached hydrogen (secondary N) is 2. The SMILES string of the molecule is CNCc1cncn1CC1CCC(=O)N1. The zero-order valence-corrected chi connectivity index (χ0v) is 8.86. The molecular formula is C10H16N4O. The Hall–Kier alpha value is -1.36. The number of aromatic nitrogens is 2. The van der Waals surface area contributed by atoms with Crippen LogP contribution in [0.4, 0.5) is 0 Å². The van der Waals surface area contributed by atoms with Crippen LogP contribution in [0.15, 0.2) is 12.5 Å². The summed E-state index contributed by atoms with van der Waals surface area (Å²) in [5.74, 6) is 0.162. The molecule has 15 heavy (non-hydrogen) atoms. The zero-order chi connectivity index (χ0) is 10.7. The molecular weight excluding hydrogens is 192 g/mol. The Bertz CT molecular complexity index is 347. The molecule has 1 aromatic heterocycles. The Kier molecular flexibility index (Phi) is 3.01. The molecule has 1 fully saturated rings. The van der Waals surface area contributed by atoms with Gasteiger partial charge in [-0.15, -0.1) is 0 Å². The molecule has 0 saturated carbocycles. The number of carbonyl (C=O) groups excluding carboxylic acids is 1. The summed E-state index contributed by atoms with van der Waals surface area (Å²) in [5, 5.41) is 6.05. The average Bonchev–Trinajstić information content (AvgIpc) is 2.78. The largest absolute Gasteiger partial charge is 0.352 e. The van der Waals surface area contributed by atoms with Gasteiger partial charge < -0.3 is 15.2 Å². The maximum atomic E-state index is 11.0. The van der Waals surface area contributed by atoms with E-state index in [0.717, 1.165) is 25.2 Å². The highest BCUT2D eigenvalue weighted by molar-refractivity contribution is 5.78. The fraction of sp³-hybridized carbons (Fsp3) is 0.600. The van der Waals surface area contributed by atoms with Gasteiger partial charge in [-0.25, -0.2) is 4.98 Å². The van der Waals surface area contributed by atoms with Crippen molar-refractivity contribution in [2.24, 2.45) is 0 Å². The van der Waals surface area contributed by atoms with Gasteiger partial charge in [-0.1, -0.05) is 0 Å². The number of amides is 1. The van der Waals surface area contributed by atoms with Crippen LogP contribution in [-0.4, -0.2) is 28.5 Å². The van der Waals surface area contributed by atoms with E-state index in [1.807, 2.05) is 19.6 Å². The molecule has 1 aromatic rings. The van der Waals surface area contributed by atoms with Gasteiger partial charge in [0.05, 0.1) is 12.0 Å². The van der Waals surface area contributed by atoms with Crippen LogP contribution in [0.3, 0.4) is 0 Å². The monoisotopic (exact) mass is 208 g/mol. The first-order chi connectivity index (χ1) is 7.29. The third-order valence-electron chi connectivity index (χ3n) is 2.66. The van der Waals surface area contributed by atoms with Gasteiger partial charge in [0.1, 0.15) is 0 Å². The maximum Gasteiger partial charge on any atom is 0.220 e. The second kappa shape index (κ2) is 4.44. The second-order valence-corrected chi connectivity index (χ2v) is 3.87. The summed E-state index contributed by atoms with van der Waals surface area (Å²) in [4.78, 5) is 15.2. The molecule has 5 heteroatoms. The summed E-state index contributed by atoms with van der Waals surface area (Å²) in [6, 6.07) is 0.266. The molecule has 1 aliphatic heterocycles. The lowest BCUT2D eigenvalue weighted by atomic mass is 10.2. The van der Waals surface area contributed by atoms with Crippen molar-refractivity contribution in [3.8, 4) is 0 Å². The molecule has 1 amide bonds. The Morgan fingerprint density at radius 1 is 1.73 bits per heavy atom. The van der Waals surface area contributed by atoms with Crippen LogP contribution < -0.4 is 10.6 Å². The highest BCUT2D eigenvalue weighted by Gasteiger charge is 2.21. The van der Waals surface area contributed by atoms with Gasteiger partial charge in [0.15, 0.2) is 0 Å². The normalized spacial score (nSPS) is 20.6. The highest BCUT2D eigenvalue weighted by Crippen LogP contribution is 2.10. The lowest BCUT2D eigenvalue weighted by Crippen LogP contribution is -2.30. The van der Waals surface area contributed by atoms with Crippen molar-refractivity contribution in [3.05, 3.63) is 18.2 Å². The number of hydrogen-bond acceptors (Lipinski definition) is 3. The summed E-state index contributed by atoms with van der Waals surface area (Å²) < 4.78 is 2.09. The predicted octanol–water partition coefficient (Wildman–Crippen LogP) is -0.119. The molecule has 1 atom stereocenters. The summed E-state index contributed by atoms with van der Waals surface area (Å²) in [5.41, 5.74) is 1.15. The fourth-order valence-electron chi connectivity index (χ4n) is 1.89. The van der Waals surface area contributed by atoms with E-state index in [2.05, 4.69) is 20.2 Å². The van der Waals surface area contributed by atoms with E-state index >= 15 is 0 Å². The topological polar surface area (TPSA) is 59.0 Å². The van der Waals surface area contributed by atoms with Crippen molar-refractivity contribution < 1.29 is 4.79 Å². The Morgan fingerprint density at radius 3 is 3.27 bits per heavy atom. The van der Waals surface area contributed by atoms with Gasteiger partial charge >= 0.3 is 0 Å². The van der Waals surface area contributed by atoms with Crippen molar-refractivity contribution in [2.75, 3.05) is 7.05 Å². The van der Waals surface area contributed by atoms with Crippen LogP contribution in [0, 0.1) is 0 Å². The van der Waals surface area contributed by atoms with Crippen LogP contribution in [0.5, 0.6) is 0 Å². The standard InChI is InChI=1S/C10H16N4O/c1-11-4-9-5-12-7-14(9)6-8-2-3-10(15)13-8/h5,7-8,11H,2-4,6H2,1H3,(H,13,15). The zero-order valence-electron chi connectivity index (χ0n) is 8.86. The molecule has 2 rings (SSSR count). The van der Waals surface area contributed by atoms with Crippen LogP contribution in [0.2, 0.25) is 0 Å². The van der Waals surface area contributed by atoms with Crippen LogP contribution >= 0.6 is 0 Å². The molecule has 2 heterocycles. The maximum absolute atomic E-state index is 11.0. The second-order valence-electron chi connectivity index (χ2n) is 3.87. The summed E-state index contributed by atoms with van der Waals surface area (Å²) in [7, 11) is 1.91. The third kappa shape index (κ3) is 2.36. The lowest BCUT2D eigenvalue weighted by Gasteiger charge is -2.13. The molecule has 0 radical (unpaired) electrons. The van der Waals surface area contributed by atoms with Gasteiger partial charge in [0.25, 0.3) is 0 Å². The first-order valence-electron chi connectivity index (χ1n) is 5.22. The minimum absolute atomic E-state index is 0.162. The van der Waals surface area contributed by atoms with Gasteiger partial charge in [0, 0.05) is 31.7 Å². The number of nitrogens with zero attached hydrogens (tertiary/aromatic N) is 2. The Morgan fingerprint density at radius 2 is 2.60 bits per heavy atom. The minimum atomic E-state index is 0.162. The van der Waals surface area contributed by atoms with Crippen LogP contribution in [-0.2, 0) is 17.9 Å². The molecule has 82 valence electrons. The van der Waals surface area contributed by atoms with E-state index in [1.165, 1.54) is 0 Å². The molecule has 2 N–H and O–H groups in total. The minimum Gasteiger partial charge on any atom is -0.352 e. The molecule has 0 aromatic carbocycles. The number of hydrogen-bond donors (Lipinski definition) is 2. The Labute approximate surface area is 88.9 Å². The lowest BCUT2D eigenvalue weighted by molar-refractivity contribution is -0.119. The third-order valence-corrected chi connectivity index (χ3v) is 2.66. The first kappa shape index (κ1) is 10.2. The number of rotatable bonds is 4. The average molecular weight is 208 g/mol. The van der Waals surface area contributed by atoms with Crippen molar-refractivity contribution in [1.29, 1.82) is 0 Å². The van der Waals surface area contributed by atoms with Crippen molar-refractivity contribution in [2.45, 2.75) is 32.0 Å². The van der Waals surface area contributed by atoms with E-state index < -0.39 is 0 Å². The van der Waals surface area contributed by atoms with E-state index in [0.29, 0.717) is 6.42 Å². The van der Waals surface area contributed by atoms with Crippen LogP contribution in [0.25, 0.3) is 0 Å². The van der Waals surface area contributed by atoms with Crippen molar-refractivity contribution in [3.63, 3.8) is 0 Å². The van der Waals surface area contributed by atoms with Gasteiger partial charge in [-0.3, -0.25) is 4.79 Å². The van der Waals surface area contributed by atoms with E-state index in [1.54, 1.807) is 0 Å². The molecule has 0 spiro atoms. The van der Waals surface area contributed by atoms with Crippen molar-refractivity contribution in [1.82, 2.24) is 20.2 Å². The summed E-state index contributed by atoms with van der Waals surface area (Å²) in [6.45, 7) is 1.63. The predicted molar refractivity (Wildman–Crippen MR) is 56.2 cm³/mol. The highest BCUT2D eigenvalue weighted by atomic mass is 16.1. The fourth-order valence-corrected chi connectivity index (χ4v) is 1.89. The molecule has 0 aliphatic carbocycles. The smallest absolute Gasteiger partial charge is 0.220 e. The van der Waals surface area contributed by atoms with E-state index in [4.69, 9.17) is 0 Å². The molecule has 1 unspecified atom stereocenters. The van der Waals surface area contributed by atoms with Crippen LogP contribution in [0.1, 0.15) is 18.5 Å². The number of carbonyl (C=O) groups is 1. The summed E-state index contributed by atoms with van der Waals surface area (Å²) >= 11 is 0. The Balaban J connectivity index is 1.97. The van der Waals surface area contributed by atoms with Gasteiger partial charge in [-0.2, -0.15) is 0 Å². The first-order valence-corrected chi connectivity index (χ1v) is 5.22. The van der Waals surface area contributed by atoms with Crippen molar-refractivity contribution >= 4 is 5.91 Å². The molecule has 1 saturated heterocycles. The van der Waals surface area contributed by atoms with E-state index in [9.17, 15) is 4.79 Å². The molecule has 0 bridgehead atoms. The quantitative estimate of drug-likeness (QED) is 0.725.